The van der Waals surface area contributed by atoms with Crippen LogP contribution < -0.4 is 10.6 Å². The lowest BCUT2D eigenvalue weighted by atomic mass is 9.99. The molecule has 0 heterocycles. The molecule has 212 valence electrons. The van der Waals surface area contributed by atoms with Gasteiger partial charge in [0.2, 0.25) is 5.91 Å². The van der Waals surface area contributed by atoms with Gasteiger partial charge >= 0.3 is 6.09 Å². The summed E-state index contributed by atoms with van der Waals surface area (Å²) in [7, 11) is 0. The number of aliphatic hydroxyl groups is 1. The third-order valence-electron chi connectivity index (χ3n) is 6.21. The van der Waals surface area contributed by atoms with Gasteiger partial charge in [-0.05, 0) is 69.4 Å². The van der Waals surface area contributed by atoms with Crippen LogP contribution in [0.25, 0.3) is 6.08 Å². The number of aliphatic hydroxyl groups excluding tert-OH is 1. The van der Waals surface area contributed by atoms with E-state index >= 15 is 0 Å². The van der Waals surface area contributed by atoms with E-state index in [0.29, 0.717) is 17.7 Å². The fraction of sp³-hybridized carbons (Fsp3) is 0.452. The number of ether oxygens (including phenoxy) is 1. The molecule has 0 saturated heterocycles. The van der Waals surface area contributed by atoms with Crippen molar-refractivity contribution in [2.45, 2.75) is 78.5 Å². The Morgan fingerprint density at radius 1 is 1.08 bits per heavy atom. The molecule has 0 aromatic heterocycles. The summed E-state index contributed by atoms with van der Waals surface area (Å²) >= 11 is 0. The first-order valence-corrected chi connectivity index (χ1v) is 13.4. The molecule has 0 saturated carbocycles. The number of hydrogen-bond acceptors (Lipinski definition) is 5. The average Bonchev–Trinajstić information content (AvgIpc) is 2.87. The predicted molar refractivity (Wildman–Crippen MR) is 155 cm³/mol. The van der Waals surface area contributed by atoms with E-state index in [1.807, 2.05) is 57.2 Å². The van der Waals surface area contributed by atoms with Crippen LogP contribution in [0.4, 0.5) is 10.5 Å². The Kier molecular flexibility index (Phi) is 11.7. The van der Waals surface area contributed by atoms with Gasteiger partial charge in [0.1, 0.15) is 17.7 Å². The Bertz CT molecular complexity index is 1130. The summed E-state index contributed by atoms with van der Waals surface area (Å²) in [5.41, 5.74) is 3.07. The van der Waals surface area contributed by atoms with Crippen molar-refractivity contribution in [2.75, 3.05) is 18.5 Å². The molecular weight excluding hydrogens is 494 g/mol. The number of carbonyl (C=O) groups excluding carboxylic acids is 3. The van der Waals surface area contributed by atoms with E-state index in [2.05, 4.69) is 17.2 Å². The fourth-order valence-electron chi connectivity index (χ4n) is 4.27. The normalized spacial score (nSPS) is 12.7. The van der Waals surface area contributed by atoms with Crippen LogP contribution in [0.5, 0.6) is 0 Å². The molecule has 2 rings (SSSR count). The van der Waals surface area contributed by atoms with Gasteiger partial charge in [-0.15, -0.1) is 0 Å². The Morgan fingerprint density at radius 2 is 1.72 bits per heavy atom. The van der Waals surface area contributed by atoms with Gasteiger partial charge < -0.3 is 25.4 Å². The molecule has 0 bridgehead atoms. The highest BCUT2D eigenvalue weighted by molar-refractivity contribution is 6.00. The second-order valence-electron chi connectivity index (χ2n) is 10.7. The minimum atomic E-state index is -1.29. The number of unbranched alkanes of at least 4 members (excludes halogenated alkanes) is 2. The zero-order chi connectivity index (χ0) is 29.2. The molecule has 2 unspecified atom stereocenters. The molecule has 0 aliphatic carbocycles. The van der Waals surface area contributed by atoms with Gasteiger partial charge in [-0.2, -0.15) is 0 Å². The second-order valence-corrected chi connectivity index (χ2v) is 10.7. The lowest BCUT2D eigenvalue weighted by molar-refractivity contribution is -0.141. The maximum absolute atomic E-state index is 14.0. The van der Waals surface area contributed by atoms with E-state index in [9.17, 15) is 19.5 Å². The maximum atomic E-state index is 14.0. The van der Waals surface area contributed by atoms with E-state index in [-0.39, 0.29) is 6.54 Å². The van der Waals surface area contributed by atoms with Crippen molar-refractivity contribution in [1.82, 2.24) is 10.2 Å². The highest BCUT2D eigenvalue weighted by Gasteiger charge is 2.36. The first-order valence-electron chi connectivity index (χ1n) is 13.4. The number of hydrogen-bond donors (Lipinski definition) is 3. The molecule has 39 heavy (non-hydrogen) atoms. The summed E-state index contributed by atoms with van der Waals surface area (Å²) < 4.78 is 5.30. The van der Waals surface area contributed by atoms with Crippen molar-refractivity contribution in [2.24, 2.45) is 0 Å². The molecule has 2 aromatic carbocycles. The van der Waals surface area contributed by atoms with Crippen molar-refractivity contribution >= 4 is 29.7 Å². The van der Waals surface area contributed by atoms with E-state index < -0.39 is 42.2 Å². The molecule has 0 fully saturated rings. The van der Waals surface area contributed by atoms with Crippen LogP contribution in [0.15, 0.2) is 49.0 Å². The Balaban J connectivity index is 2.56. The number of anilines is 1. The van der Waals surface area contributed by atoms with Gasteiger partial charge in [-0.3, -0.25) is 9.59 Å². The third-order valence-corrected chi connectivity index (χ3v) is 6.21. The number of benzene rings is 2. The summed E-state index contributed by atoms with van der Waals surface area (Å²) in [6.45, 7) is 14.4. The molecule has 0 aliphatic heterocycles. The molecule has 0 spiro atoms. The molecule has 8 heteroatoms. The van der Waals surface area contributed by atoms with Gasteiger partial charge in [0.25, 0.3) is 5.91 Å². The number of amides is 3. The zero-order valence-electron chi connectivity index (χ0n) is 24.0. The Morgan fingerprint density at radius 3 is 2.28 bits per heavy atom. The topological polar surface area (TPSA) is 108 Å². The van der Waals surface area contributed by atoms with Crippen LogP contribution in [0, 0.1) is 13.8 Å². The lowest BCUT2D eigenvalue weighted by Gasteiger charge is -2.34. The molecule has 8 nitrogen and oxygen atoms in total. The van der Waals surface area contributed by atoms with Gasteiger partial charge in [0.05, 0.1) is 6.61 Å². The van der Waals surface area contributed by atoms with Crippen LogP contribution in [-0.4, -0.2) is 52.7 Å². The monoisotopic (exact) mass is 537 g/mol. The number of nitrogens with one attached hydrogen (secondary N) is 2. The number of carbonyl (C=O) groups is 3. The van der Waals surface area contributed by atoms with E-state index in [4.69, 9.17) is 4.74 Å². The second kappa shape index (κ2) is 14.5. The minimum absolute atomic E-state index is 0.252. The van der Waals surface area contributed by atoms with Crippen LogP contribution in [0.2, 0.25) is 0 Å². The Hall–Kier alpha value is -3.65. The number of rotatable bonds is 12. The standard InChI is InChI=1S/C31H43N3O5/c1-8-10-11-18-34(29(37)25(20-35)32-30(38)39-31(5,6)7)27(24-17-13-16-23(9-2)19-24)28(36)33-26-21(3)14-12-15-22(26)4/h9,12-17,19,25,27,35H,2,8,10-11,18,20H2,1,3-7H3,(H,32,38)(H,33,36). The van der Waals surface area contributed by atoms with Gasteiger partial charge in [0, 0.05) is 12.2 Å². The van der Waals surface area contributed by atoms with Crippen molar-refractivity contribution < 1.29 is 24.2 Å². The van der Waals surface area contributed by atoms with Crippen molar-refractivity contribution in [1.29, 1.82) is 0 Å². The molecular formula is C31H43N3O5. The first-order chi connectivity index (χ1) is 18.4. The molecule has 3 amide bonds. The largest absolute Gasteiger partial charge is 0.444 e. The van der Waals surface area contributed by atoms with Gasteiger partial charge in [-0.1, -0.05) is 68.8 Å². The van der Waals surface area contributed by atoms with Crippen LogP contribution >= 0.6 is 0 Å². The summed E-state index contributed by atoms with van der Waals surface area (Å²) in [5.74, 6) is -0.974. The highest BCUT2D eigenvalue weighted by Crippen LogP contribution is 2.28. The zero-order valence-corrected chi connectivity index (χ0v) is 24.0. The van der Waals surface area contributed by atoms with Crippen molar-refractivity contribution in [3.63, 3.8) is 0 Å². The molecule has 0 radical (unpaired) electrons. The number of aryl methyl sites for hydroxylation is 2. The van der Waals surface area contributed by atoms with Crippen molar-refractivity contribution in [3.05, 3.63) is 71.3 Å². The van der Waals surface area contributed by atoms with Crippen LogP contribution in [0.3, 0.4) is 0 Å². The summed E-state index contributed by atoms with van der Waals surface area (Å²) in [4.78, 5) is 41.9. The molecule has 2 atom stereocenters. The molecule has 2 aromatic rings. The average molecular weight is 538 g/mol. The third kappa shape index (κ3) is 9.25. The van der Waals surface area contributed by atoms with Crippen molar-refractivity contribution in [3.8, 4) is 0 Å². The van der Waals surface area contributed by atoms with Gasteiger partial charge in [-0.25, -0.2) is 4.79 Å². The smallest absolute Gasteiger partial charge is 0.408 e. The highest BCUT2D eigenvalue weighted by atomic mass is 16.6. The number of para-hydroxylation sites is 1. The quantitative estimate of drug-likeness (QED) is 0.309. The van der Waals surface area contributed by atoms with E-state index in [1.54, 1.807) is 32.9 Å². The lowest BCUT2D eigenvalue weighted by Crippen LogP contribution is -2.54. The first kappa shape index (κ1) is 31.6. The van der Waals surface area contributed by atoms with Gasteiger partial charge in [0.15, 0.2) is 0 Å². The fourth-order valence-corrected chi connectivity index (χ4v) is 4.27. The SMILES string of the molecule is C=Cc1cccc(C(C(=O)Nc2c(C)cccc2C)N(CCCCC)C(=O)C(CO)NC(=O)OC(C)(C)C)c1. The predicted octanol–water partition coefficient (Wildman–Crippen LogP) is 5.53. The Labute approximate surface area is 232 Å². The summed E-state index contributed by atoms with van der Waals surface area (Å²) in [6, 6.07) is 10.7. The van der Waals surface area contributed by atoms with Crippen LogP contribution in [-0.2, 0) is 14.3 Å². The summed E-state index contributed by atoms with van der Waals surface area (Å²) in [6.07, 6.45) is 3.24. The maximum Gasteiger partial charge on any atom is 0.408 e. The molecule has 0 aliphatic rings. The number of nitrogens with zero attached hydrogens (tertiary/aromatic N) is 1. The van der Waals surface area contributed by atoms with Crippen LogP contribution in [0.1, 0.15) is 75.3 Å². The number of alkyl carbamates (subject to hydrolysis) is 1. The molecule has 3 N–H and O–H groups in total. The van der Waals surface area contributed by atoms with E-state index in [0.717, 1.165) is 29.5 Å². The summed E-state index contributed by atoms with van der Waals surface area (Å²) in [5, 5.41) is 15.6. The minimum Gasteiger partial charge on any atom is -0.444 e. The van der Waals surface area contributed by atoms with E-state index in [1.165, 1.54) is 4.90 Å².